The number of nitrogens with one attached hydrogen (secondary N) is 1. The van der Waals surface area contributed by atoms with Crippen LogP contribution in [0.2, 0.25) is 0 Å². The van der Waals surface area contributed by atoms with Gasteiger partial charge in [-0.2, -0.15) is 0 Å². The van der Waals surface area contributed by atoms with Crippen LogP contribution in [-0.4, -0.2) is 76.1 Å². The van der Waals surface area contributed by atoms with Crippen molar-refractivity contribution in [2.75, 3.05) is 61.4 Å². The van der Waals surface area contributed by atoms with E-state index < -0.39 is 0 Å². The molecule has 0 unspecified atom stereocenters. The van der Waals surface area contributed by atoms with Crippen molar-refractivity contribution in [2.24, 2.45) is 0 Å². The maximum Gasteiger partial charge on any atom is 2.00 e. The Kier molecular flexibility index (Phi) is 32.7. The standard InChI is InChI=1S/C12H18N.C9H23N3.C7H8.2CH3.Li.Zn/c1-8(2)10-6-5-7-11(9(3)4)12(10)13;1-10(2)6-8-12(5)9-7-11(3)4;1-7-5-3-2-4-6-7;;;;/h5-9,13H,1-4H3;6-9H2,1-5H3;2-6H,1H3;2*1H3;;/q-1;;;2*-1;+1;+2. The summed E-state index contributed by atoms with van der Waals surface area (Å²) >= 11 is 0. The van der Waals surface area contributed by atoms with E-state index in [9.17, 15) is 0 Å². The van der Waals surface area contributed by atoms with Gasteiger partial charge in [-0.1, -0.05) is 92.9 Å². The topological polar surface area (TPSA) is 33.5 Å². The Morgan fingerprint density at radius 2 is 1.00 bits per heavy atom. The summed E-state index contributed by atoms with van der Waals surface area (Å²) in [6.45, 7) is 15.2. The third-order valence-corrected chi connectivity index (χ3v) is 5.17. The molecule has 0 spiro atoms. The number of likely N-dealkylation sites (N-methyl/N-ethyl adjacent to an activating group) is 3. The second kappa shape index (κ2) is 26.0. The zero-order chi connectivity index (χ0) is 24.7. The van der Waals surface area contributed by atoms with E-state index >= 15 is 0 Å². The van der Waals surface area contributed by atoms with Crippen LogP contribution < -0.4 is 18.9 Å². The van der Waals surface area contributed by atoms with Gasteiger partial charge in [0, 0.05) is 26.2 Å². The molecule has 0 fully saturated rings. The molecule has 0 saturated heterocycles. The monoisotopic (exact) mass is 542 g/mol. The van der Waals surface area contributed by atoms with Crippen LogP contribution in [0.3, 0.4) is 0 Å². The van der Waals surface area contributed by atoms with E-state index in [1.807, 2.05) is 18.2 Å². The molecule has 0 atom stereocenters. The maximum atomic E-state index is 8.01. The summed E-state index contributed by atoms with van der Waals surface area (Å²) in [7, 11) is 10.6. The summed E-state index contributed by atoms with van der Waals surface area (Å²) in [5, 5.41) is 0. The van der Waals surface area contributed by atoms with Gasteiger partial charge < -0.3 is 35.3 Å². The van der Waals surface area contributed by atoms with E-state index in [0.717, 1.165) is 43.0 Å². The fraction of sp³-hybridized carbons (Fsp3) is 0.533. The summed E-state index contributed by atoms with van der Waals surface area (Å²) < 4.78 is 0. The Bertz CT molecular complexity index is 684. The molecule has 2 aromatic carbocycles. The fourth-order valence-electron chi connectivity index (χ4n) is 2.94. The molecule has 0 aromatic heterocycles. The van der Waals surface area contributed by atoms with Crippen molar-refractivity contribution in [3.8, 4) is 0 Å². The number of aryl methyl sites for hydroxylation is 1. The molecule has 2 aromatic rings. The van der Waals surface area contributed by atoms with Crippen LogP contribution in [0, 0.1) is 21.8 Å². The Labute approximate surface area is 251 Å². The van der Waals surface area contributed by atoms with E-state index in [4.69, 9.17) is 5.73 Å². The van der Waals surface area contributed by atoms with Crippen LogP contribution in [0.5, 0.6) is 0 Å². The zero-order valence-electron chi connectivity index (χ0n) is 26.2. The molecule has 0 bridgehead atoms. The van der Waals surface area contributed by atoms with E-state index in [-0.39, 0.29) is 53.2 Å². The first-order chi connectivity index (χ1) is 15.0. The molecule has 0 heterocycles. The number of rotatable bonds is 8. The van der Waals surface area contributed by atoms with Crippen molar-refractivity contribution < 1.29 is 38.3 Å². The molecule has 198 valence electrons. The first-order valence-electron chi connectivity index (χ1n) is 11.8. The molecule has 0 saturated carbocycles. The van der Waals surface area contributed by atoms with Crippen LogP contribution >= 0.6 is 0 Å². The van der Waals surface area contributed by atoms with Crippen LogP contribution in [0.1, 0.15) is 56.2 Å². The molecule has 1 N–H and O–H groups in total. The third kappa shape index (κ3) is 22.5. The van der Waals surface area contributed by atoms with Gasteiger partial charge in [0.2, 0.25) is 0 Å². The van der Waals surface area contributed by atoms with Crippen molar-refractivity contribution in [3.05, 3.63) is 85.8 Å². The van der Waals surface area contributed by atoms with Crippen LogP contribution in [0.4, 0.5) is 5.69 Å². The van der Waals surface area contributed by atoms with Gasteiger partial charge in [-0.05, 0) is 54.0 Å². The molecule has 36 heavy (non-hydrogen) atoms. The van der Waals surface area contributed by atoms with E-state index in [2.05, 4.69) is 115 Å². The second-order valence-electron chi connectivity index (χ2n) is 9.69. The first kappa shape index (κ1) is 45.3. The minimum absolute atomic E-state index is 0. The smallest absolute Gasteiger partial charge is 0.698 e. The molecule has 4 nitrogen and oxygen atoms in total. The van der Waals surface area contributed by atoms with Gasteiger partial charge in [-0.3, -0.25) is 0 Å². The molecule has 0 amide bonds. The molecule has 0 radical (unpaired) electrons. The van der Waals surface area contributed by atoms with Crippen molar-refractivity contribution in [3.63, 3.8) is 0 Å². The molecule has 6 heteroatoms. The van der Waals surface area contributed by atoms with Crippen LogP contribution in [0.25, 0.3) is 5.73 Å². The first-order valence-corrected chi connectivity index (χ1v) is 11.8. The quantitative estimate of drug-likeness (QED) is 0.362. The van der Waals surface area contributed by atoms with Gasteiger partial charge >= 0.3 is 38.3 Å². The van der Waals surface area contributed by atoms with Gasteiger partial charge in [0.15, 0.2) is 0 Å². The van der Waals surface area contributed by atoms with Gasteiger partial charge in [0.25, 0.3) is 0 Å². The summed E-state index contributed by atoms with van der Waals surface area (Å²) in [6.07, 6.45) is 0. The van der Waals surface area contributed by atoms with Gasteiger partial charge in [0.1, 0.15) is 0 Å². The Balaban J connectivity index is -0.000000131. The predicted octanol–water partition coefficient (Wildman–Crippen LogP) is 4.56. The average molecular weight is 544 g/mol. The molecule has 0 aliphatic rings. The third-order valence-electron chi connectivity index (χ3n) is 5.17. The number of hydrogen-bond acceptors (Lipinski definition) is 3. The molecule has 0 aliphatic carbocycles. The largest absolute Gasteiger partial charge is 2.00 e. The molecule has 0 aliphatic heterocycles. The minimum Gasteiger partial charge on any atom is -0.698 e. The summed E-state index contributed by atoms with van der Waals surface area (Å²) in [5.74, 6) is 0.900. The zero-order valence-corrected chi connectivity index (χ0v) is 29.1. The molecular weight excluding hydrogens is 489 g/mol. The van der Waals surface area contributed by atoms with Crippen molar-refractivity contribution in [1.29, 1.82) is 0 Å². The van der Waals surface area contributed by atoms with Crippen molar-refractivity contribution in [2.45, 2.75) is 46.5 Å². The summed E-state index contributed by atoms with van der Waals surface area (Å²) in [6, 6.07) is 16.4. The van der Waals surface area contributed by atoms with E-state index in [1.54, 1.807) is 0 Å². The number of benzene rings is 2. The predicted molar refractivity (Wildman–Crippen MR) is 157 cm³/mol. The number of nitrogens with zero attached hydrogens (tertiary/aromatic N) is 3. The van der Waals surface area contributed by atoms with Crippen LogP contribution in [0.15, 0.2) is 48.5 Å². The fourth-order valence-corrected chi connectivity index (χ4v) is 2.94. The van der Waals surface area contributed by atoms with Crippen LogP contribution in [-0.2, 0) is 19.5 Å². The second-order valence-corrected chi connectivity index (χ2v) is 9.69. The SMILES string of the molecule is CC(C)c1cccc(C(C)C)c1[NH-].CN(C)CCN(C)CCN(C)C.Cc1ccccc1.[CH3-].[CH3-].[Li+].[Zn+2]. The van der Waals surface area contributed by atoms with Gasteiger partial charge in [-0.15, -0.1) is 5.69 Å². The Morgan fingerprint density at radius 3 is 1.25 bits per heavy atom. The average Bonchev–Trinajstić information content (AvgIpc) is 2.72. The van der Waals surface area contributed by atoms with Gasteiger partial charge in [-0.25, -0.2) is 0 Å². The minimum atomic E-state index is 0. The Morgan fingerprint density at radius 1 is 0.639 bits per heavy atom. The van der Waals surface area contributed by atoms with Crippen molar-refractivity contribution in [1.82, 2.24) is 14.7 Å². The molecular formula is C30H55LiN4Zn. The van der Waals surface area contributed by atoms with Gasteiger partial charge in [0.05, 0.1) is 0 Å². The Hall–Kier alpha value is -0.659. The molecule has 2 rings (SSSR count). The van der Waals surface area contributed by atoms with E-state index in [0.29, 0.717) is 11.8 Å². The summed E-state index contributed by atoms with van der Waals surface area (Å²) in [4.78, 5) is 6.79. The van der Waals surface area contributed by atoms with Crippen molar-refractivity contribution >= 4 is 5.69 Å². The number of hydrogen-bond donors (Lipinski definition) is 0. The maximum absolute atomic E-state index is 8.01. The summed E-state index contributed by atoms with van der Waals surface area (Å²) in [5.41, 5.74) is 12.4. The van der Waals surface area contributed by atoms with E-state index in [1.165, 1.54) is 5.56 Å². The normalized spacial score (nSPS) is 9.75.